The fourth-order valence-corrected chi connectivity index (χ4v) is 3.11. The van der Waals surface area contributed by atoms with E-state index in [0.29, 0.717) is 23.3 Å². The maximum Gasteiger partial charge on any atom is 0.272 e. The third kappa shape index (κ3) is 3.00. The van der Waals surface area contributed by atoms with Crippen LogP contribution in [0.15, 0.2) is 59.2 Å². The Labute approximate surface area is 151 Å². The highest BCUT2D eigenvalue weighted by atomic mass is 79.9. The third-order valence-electron chi connectivity index (χ3n) is 4.06. The van der Waals surface area contributed by atoms with Gasteiger partial charge in [0.05, 0.1) is 5.52 Å². The van der Waals surface area contributed by atoms with E-state index in [2.05, 4.69) is 31.2 Å². The van der Waals surface area contributed by atoms with Gasteiger partial charge in [-0.05, 0) is 42.0 Å². The van der Waals surface area contributed by atoms with Gasteiger partial charge in [-0.25, -0.2) is 9.37 Å². The number of carbonyl (C=O) groups excluding carboxylic acids is 1. The van der Waals surface area contributed by atoms with E-state index in [1.54, 1.807) is 12.3 Å². The molecule has 2 N–H and O–H groups in total. The first-order valence-electron chi connectivity index (χ1n) is 7.70. The van der Waals surface area contributed by atoms with E-state index < -0.39 is 0 Å². The fourth-order valence-electron chi connectivity index (χ4n) is 2.84. The van der Waals surface area contributed by atoms with E-state index in [0.717, 1.165) is 20.8 Å². The second kappa shape index (κ2) is 6.29. The number of H-pyrrole nitrogens is 1. The summed E-state index contributed by atoms with van der Waals surface area (Å²) in [4.78, 5) is 19.9. The molecule has 0 fully saturated rings. The van der Waals surface area contributed by atoms with Crippen molar-refractivity contribution in [2.75, 3.05) is 0 Å². The predicted molar refractivity (Wildman–Crippen MR) is 98.9 cm³/mol. The number of carbonyl (C=O) groups is 1. The first kappa shape index (κ1) is 15.8. The summed E-state index contributed by atoms with van der Waals surface area (Å²) in [5.41, 5.74) is 2.54. The minimum Gasteiger partial charge on any atom is -0.352 e. The molecule has 25 heavy (non-hydrogen) atoms. The zero-order valence-electron chi connectivity index (χ0n) is 13.0. The average molecular weight is 398 g/mol. The SMILES string of the molecule is O=C(NCc1ccc(Br)cc1)c1nccc2c1[nH]c1cc(F)ccc12. The summed E-state index contributed by atoms with van der Waals surface area (Å²) in [7, 11) is 0. The Bertz CT molecular complexity index is 1090. The molecule has 0 saturated carbocycles. The lowest BCUT2D eigenvalue weighted by atomic mass is 10.1. The summed E-state index contributed by atoms with van der Waals surface area (Å²) in [5, 5.41) is 4.58. The molecule has 2 aromatic heterocycles. The third-order valence-corrected chi connectivity index (χ3v) is 4.59. The number of benzene rings is 2. The Morgan fingerprint density at radius 3 is 2.72 bits per heavy atom. The van der Waals surface area contributed by atoms with Crippen LogP contribution >= 0.6 is 15.9 Å². The normalized spacial score (nSPS) is 11.1. The number of nitrogens with one attached hydrogen (secondary N) is 2. The first-order chi connectivity index (χ1) is 12.1. The highest BCUT2D eigenvalue weighted by Crippen LogP contribution is 2.27. The second-order valence-corrected chi connectivity index (χ2v) is 6.62. The molecule has 4 rings (SSSR count). The molecule has 0 aliphatic carbocycles. The standard InChI is InChI=1S/C19H13BrFN3O/c20-12-3-1-11(2-4-12)10-23-19(25)18-17-15(7-8-22-18)14-6-5-13(21)9-16(14)24-17/h1-9,24H,10H2,(H,23,25). The van der Waals surface area contributed by atoms with E-state index in [9.17, 15) is 9.18 Å². The lowest BCUT2D eigenvalue weighted by Crippen LogP contribution is -2.24. The largest absolute Gasteiger partial charge is 0.352 e. The molecule has 2 heterocycles. The molecule has 0 atom stereocenters. The van der Waals surface area contributed by atoms with Gasteiger partial charge in [0.1, 0.15) is 5.82 Å². The molecular weight excluding hydrogens is 385 g/mol. The van der Waals surface area contributed by atoms with Gasteiger partial charge in [-0.15, -0.1) is 0 Å². The van der Waals surface area contributed by atoms with Crippen LogP contribution in [-0.4, -0.2) is 15.9 Å². The number of fused-ring (bicyclic) bond motifs is 3. The Hall–Kier alpha value is -2.73. The number of halogens is 2. The van der Waals surface area contributed by atoms with Crippen molar-refractivity contribution in [1.82, 2.24) is 15.3 Å². The quantitative estimate of drug-likeness (QED) is 0.532. The summed E-state index contributed by atoms with van der Waals surface area (Å²) in [6.07, 6.45) is 1.59. The van der Waals surface area contributed by atoms with Crippen molar-refractivity contribution in [3.8, 4) is 0 Å². The van der Waals surface area contributed by atoms with E-state index in [1.165, 1.54) is 12.1 Å². The predicted octanol–water partition coefficient (Wildman–Crippen LogP) is 4.55. The van der Waals surface area contributed by atoms with Gasteiger partial charge >= 0.3 is 0 Å². The Morgan fingerprint density at radius 2 is 1.92 bits per heavy atom. The summed E-state index contributed by atoms with van der Waals surface area (Å²) in [5.74, 6) is -0.603. The summed E-state index contributed by atoms with van der Waals surface area (Å²) >= 11 is 3.38. The molecule has 0 unspecified atom stereocenters. The lowest BCUT2D eigenvalue weighted by molar-refractivity contribution is 0.0947. The number of rotatable bonds is 3. The minimum absolute atomic E-state index is 0.277. The van der Waals surface area contributed by atoms with Crippen molar-refractivity contribution >= 4 is 43.6 Å². The van der Waals surface area contributed by atoms with Crippen molar-refractivity contribution in [2.24, 2.45) is 0 Å². The maximum atomic E-state index is 13.4. The molecule has 0 aliphatic heterocycles. The zero-order valence-corrected chi connectivity index (χ0v) is 14.6. The van der Waals surface area contributed by atoms with Crippen molar-refractivity contribution in [3.05, 3.63) is 76.3 Å². The number of hydrogen-bond acceptors (Lipinski definition) is 2. The summed E-state index contributed by atoms with van der Waals surface area (Å²) in [6.45, 7) is 0.402. The topological polar surface area (TPSA) is 57.8 Å². The van der Waals surface area contributed by atoms with Crippen LogP contribution in [0.5, 0.6) is 0 Å². The minimum atomic E-state index is -0.326. The van der Waals surface area contributed by atoms with E-state index in [1.807, 2.05) is 30.3 Å². The highest BCUT2D eigenvalue weighted by Gasteiger charge is 2.15. The lowest BCUT2D eigenvalue weighted by Gasteiger charge is -2.06. The number of pyridine rings is 1. The number of aromatic nitrogens is 2. The maximum absolute atomic E-state index is 13.4. The molecule has 4 nitrogen and oxygen atoms in total. The number of aromatic amines is 1. The number of nitrogens with zero attached hydrogens (tertiary/aromatic N) is 1. The van der Waals surface area contributed by atoms with Gasteiger partial charge in [0.15, 0.2) is 5.69 Å². The van der Waals surface area contributed by atoms with Gasteiger partial charge in [0, 0.05) is 33.5 Å². The number of hydrogen-bond donors (Lipinski definition) is 2. The zero-order chi connectivity index (χ0) is 17.4. The van der Waals surface area contributed by atoms with Crippen LogP contribution in [-0.2, 0) is 6.54 Å². The molecule has 0 saturated heterocycles. The molecule has 0 spiro atoms. The smallest absolute Gasteiger partial charge is 0.272 e. The van der Waals surface area contributed by atoms with E-state index in [4.69, 9.17) is 0 Å². The van der Waals surface area contributed by atoms with Gasteiger partial charge in [-0.2, -0.15) is 0 Å². The van der Waals surface area contributed by atoms with E-state index in [-0.39, 0.29) is 11.7 Å². The van der Waals surface area contributed by atoms with Crippen LogP contribution in [0.4, 0.5) is 4.39 Å². The highest BCUT2D eigenvalue weighted by molar-refractivity contribution is 9.10. The number of amides is 1. The molecule has 4 aromatic rings. The summed E-state index contributed by atoms with van der Waals surface area (Å²) in [6, 6.07) is 14.1. The Morgan fingerprint density at radius 1 is 1.12 bits per heavy atom. The van der Waals surface area contributed by atoms with E-state index >= 15 is 0 Å². The molecule has 0 bridgehead atoms. The molecule has 0 radical (unpaired) electrons. The van der Waals surface area contributed by atoms with Gasteiger partial charge in [0.25, 0.3) is 5.91 Å². The molecule has 0 aliphatic rings. The van der Waals surface area contributed by atoms with Crippen LogP contribution in [0, 0.1) is 5.82 Å². The fraction of sp³-hybridized carbons (Fsp3) is 0.0526. The van der Waals surface area contributed by atoms with Gasteiger partial charge in [-0.1, -0.05) is 28.1 Å². The summed E-state index contributed by atoms with van der Waals surface area (Å²) < 4.78 is 14.4. The Kier molecular flexibility index (Phi) is 3.97. The van der Waals surface area contributed by atoms with Gasteiger partial charge in [0.2, 0.25) is 0 Å². The average Bonchev–Trinajstić information content (AvgIpc) is 2.98. The molecular formula is C19H13BrFN3O. The van der Waals surface area contributed by atoms with Crippen LogP contribution in [0.25, 0.3) is 21.8 Å². The second-order valence-electron chi connectivity index (χ2n) is 5.71. The van der Waals surface area contributed by atoms with Crippen molar-refractivity contribution in [1.29, 1.82) is 0 Å². The molecule has 1 amide bonds. The molecule has 124 valence electrons. The monoisotopic (exact) mass is 397 g/mol. The first-order valence-corrected chi connectivity index (χ1v) is 8.50. The van der Waals surface area contributed by atoms with Gasteiger partial charge in [-0.3, -0.25) is 4.79 Å². The van der Waals surface area contributed by atoms with Crippen molar-refractivity contribution in [3.63, 3.8) is 0 Å². The van der Waals surface area contributed by atoms with Crippen LogP contribution in [0.2, 0.25) is 0 Å². The Balaban J connectivity index is 1.67. The van der Waals surface area contributed by atoms with Gasteiger partial charge < -0.3 is 10.3 Å². The van der Waals surface area contributed by atoms with Crippen LogP contribution < -0.4 is 5.32 Å². The van der Waals surface area contributed by atoms with Crippen molar-refractivity contribution < 1.29 is 9.18 Å². The van der Waals surface area contributed by atoms with Crippen LogP contribution in [0.1, 0.15) is 16.1 Å². The molecule has 2 aromatic carbocycles. The van der Waals surface area contributed by atoms with Crippen molar-refractivity contribution in [2.45, 2.75) is 6.54 Å². The molecule has 6 heteroatoms. The van der Waals surface area contributed by atoms with Crippen LogP contribution in [0.3, 0.4) is 0 Å².